The molecule has 0 aliphatic heterocycles. The maximum Gasteiger partial charge on any atom is 0.356 e. The zero-order valence-electron chi connectivity index (χ0n) is 8.91. The van der Waals surface area contributed by atoms with Crippen molar-refractivity contribution in [2.24, 2.45) is 0 Å². The van der Waals surface area contributed by atoms with Gasteiger partial charge in [0.25, 0.3) is 0 Å². The molecule has 6 heteroatoms. The Labute approximate surface area is 101 Å². The second kappa shape index (κ2) is 5.60. The van der Waals surface area contributed by atoms with Gasteiger partial charge in [-0.25, -0.2) is 9.78 Å². The number of ether oxygens (including phenoxy) is 1. The minimum absolute atomic E-state index is 0.161. The minimum atomic E-state index is -0.512. The van der Waals surface area contributed by atoms with Crippen LogP contribution in [0, 0.1) is 0 Å². The standard InChI is InChI=1S/C10H11BrN2O3/c1-3-16-10(15)8-5-4-7(11)9(13-8)12-6(2)14/h4-5H,3H2,1-2H3,(H,12,13,14). The molecule has 0 unspecified atom stereocenters. The Balaban J connectivity index is 2.97. The second-order valence-electron chi connectivity index (χ2n) is 2.93. The van der Waals surface area contributed by atoms with Gasteiger partial charge in [0.15, 0.2) is 5.69 Å². The molecule has 86 valence electrons. The molecular formula is C10H11BrN2O3. The third-order valence-electron chi connectivity index (χ3n) is 1.63. The number of anilines is 1. The van der Waals surface area contributed by atoms with E-state index in [9.17, 15) is 9.59 Å². The number of nitrogens with one attached hydrogen (secondary N) is 1. The molecule has 0 atom stereocenters. The van der Waals surface area contributed by atoms with Gasteiger partial charge in [-0.2, -0.15) is 0 Å². The summed E-state index contributed by atoms with van der Waals surface area (Å²) in [6, 6.07) is 3.15. The van der Waals surface area contributed by atoms with Gasteiger partial charge in [-0.1, -0.05) is 0 Å². The SMILES string of the molecule is CCOC(=O)c1ccc(Br)c(NC(C)=O)n1. The molecule has 0 bridgehead atoms. The summed E-state index contributed by atoms with van der Waals surface area (Å²) in [4.78, 5) is 26.2. The van der Waals surface area contributed by atoms with E-state index in [1.54, 1.807) is 13.0 Å². The van der Waals surface area contributed by atoms with Crippen molar-refractivity contribution in [2.45, 2.75) is 13.8 Å². The van der Waals surface area contributed by atoms with Crippen molar-refractivity contribution in [2.75, 3.05) is 11.9 Å². The van der Waals surface area contributed by atoms with Gasteiger partial charge >= 0.3 is 5.97 Å². The lowest BCUT2D eigenvalue weighted by Gasteiger charge is -2.06. The van der Waals surface area contributed by atoms with Gasteiger partial charge in [-0.05, 0) is 35.0 Å². The van der Waals surface area contributed by atoms with Crippen LogP contribution in [0.2, 0.25) is 0 Å². The first-order valence-corrected chi connectivity index (χ1v) is 5.45. The van der Waals surface area contributed by atoms with Gasteiger partial charge < -0.3 is 10.1 Å². The lowest BCUT2D eigenvalue weighted by molar-refractivity contribution is -0.114. The van der Waals surface area contributed by atoms with Crippen LogP contribution < -0.4 is 5.32 Å². The zero-order chi connectivity index (χ0) is 12.1. The smallest absolute Gasteiger partial charge is 0.356 e. The monoisotopic (exact) mass is 286 g/mol. The predicted octanol–water partition coefficient (Wildman–Crippen LogP) is 1.98. The lowest BCUT2D eigenvalue weighted by atomic mass is 10.3. The number of hydrogen-bond donors (Lipinski definition) is 1. The molecule has 0 aromatic carbocycles. The Kier molecular flexibility index (Phi) is 4.42. The number of rotatable bonds is 3. The van der Waals surface area contributed by atoms with Gasteiger partial charge in [0, 0.05) is 6.92 Å². The van der Waals surface area contributed by atoms with Crippen LogP contribution in [-0.4, -0.2) is 23.5 Å². The maximum absolute atomic E-state index is 11.4. The highest BCUT2D eigenvalue weighted by Crippen LogP contribution is 2.20. The topological polar surface area (TPSA) is 68.3 Å². The molecule has 1 heterocycles. The van der Waals surface area contributed by atoms with Gasteiger partial charge in [0.05, 0.1) is 11.1 Å². The van der Waals surface area contributed by atoms with Crippen molar-refractivity contribution in [3.63, 3.8) is 0 Å². The Bertz CT molecular complexity index is 421. The summed E-state index contributed by atoms with van der Waals surface area (Å²) in [5, 5.41) is 2.51. The first-order valence-electron chi connectivity index (χ1n) is 4.66. The van der Waals surface area contributed by atoms with E-state index in [0.29, 0.717) is 10.3 Å². The molecule has 0 fully saturated rings. The van der Waals surface area contributed by atoms with Crippen LogP contribution in [0.1, 0.15) is 24.3 Å². The fraction of sp³-hybridized carbons (Fsp3) is 0.300. The highest BCUT2D eigenvalue weighted by molar-refractivity contribution is 9.10. The molecule has 1 aromatic heterocycles. The van der Waals surface area contributed by atoms with E-state index in [2.05, 4.69) is 26.2 Å². The van der Waals surface area contributed by atoms with Crippen molar-refractivity contribution >= 4 is 33.6 Å². The largest absolute Gasteiger partial charge is 0.461 e. The summed E-state index contributed by atoms with van der Waals surface area (Å²) < 4.78 is 5.41. The molecule has 0 spiro atoms. The molecule has 0 saturated heterocycles. The number of nitrogens with zero attached hydrogens (tertiary/aromatic N) is 1. The van der Waals surface area contributed by atoms with Crippen molar-refractivity contribution in [1.82, 2.24) is 4.98 Å². The van der Waals surface area contributed by atoms with Crippen molar-refractivity contribution in [3.8, 4) is 0 Å². The molecule has 0 radical (unpaired) electrons. The molecule has 5 nitrogen and oxygen atoms in total. The lowest BCUT2D eigenvalue weighted by Crippen LogP contribution is -2.12. The first-order chi connectivity index (χ1) is 7.54. The number of halogens is 1. The Morgan fingerprint density at radius 2 is 2.19 bits per heavy atom. The van der Waals surface area contributed by atoms with E-state index in [-0.39, 0.29) is 18.2 Å². The molecule has 1 rings (SSSR count). The number of pyridine rings is 1. The average Bonchev–Trinajstić information content (AvgIpc) is 2.21. The van der Waals surface area contributed by atoms with Gasteiger partial charge in [-0.3, -0.25) is 4.79 Å². The summed E-state index contributed by atoms with van der Waals surface area (Å²) in [6.07, 6.45) is 0. The highest BCUT2D eigenvalue weighted by Gasteiger charge is 2.11. The fourth-order valence-corrected chi connectivity index (χ4v) is 1.34. The Hall–Kier alpha value is -1.43. The number of amides is 1. The van der Waals surface area contributed by atoms with E-state index in [1.807, 2.05) is 0 Å². The molecule has 16 heavy (non-hydrogen) atoms. The fourth-order valence-electron chi connectivity index (χ4n) is 1.02. The van der Waals surface area contributed by atoms with Gasteiger partial charge in [-0.15, -0.1) is 0 Å². The number of esters is 1. The van der Waals surface area contributed by atoms with Crippen molar-refractivity contribution in [3.05, 3.63) is 22.3 Å². The molecule has 0 saturated carbocycles. The average molecular weight is 287 g/mol. The molecule has 1 aromatic rings. The van der Waals surface area contributed by atoms with E-state index in [1.165, 1.54) is 13.0 Å². The summed E-state index contributed by atoms with van der Waals surface area (Å²) in [5.74, 6) is -0.464. The van der Waals surface area contributed by atoms with E-state index in [4.69, 9.17) is 4.74 Å². The Morgan fingerprint density at radius 3 is 2.75 bits per heavy atom. The van der Waals surface area contributed by atoms with Crippen LogP contribution >= 0.6 is 15.9 Å². The number of carbonyl (C=O) groups is 2. The normalized spacial score (nSPS) is 9.69. The third-order valence-corrected chi connectivity index (χ3v) is 2.26. The number of carbonyl (C=O) groups excluding carboxylic acids is 2. The summed E-state index contributed by atoms with van der Waals surface area (Å²) >= 11 is 3.22. The molecule has 1 amide bonds. The quantitative estimate of drug-likeness (QED) is 0.863. The van der Waals surface area contributed by atoms with Crippen LogP contribution in [0.4, 0.5) is 5.82 Å². The summed E-state index contributed by atoms with van der Waals surface area (Å²) in [5.41, 5.74) is 0.161. The molecule has 0 aliphatic rings. The third kappa shape index (κ3) is 3.30. The van der Waals surface area contributed by atoms with Crippen LogP contribution in [0.3, 0.4) is 0 Å². The zero-order valence-corrected chi connectivity index (χ0v) is 10.5. The number of aromatic nitrogens is 1. The number of hydrogen-bond acceptors (Lipinski definition) is 4. The van der Waals surface area contributed by atoms with Gasteiger partial charge in [0.2, 0.25) is 5.91 Å². The summed E-state index contributed by atoms with van der Waals surface area (Å²) in [7, 11) is 0. The van der Waals surface area contributed by atoms with Crippen LogP contribution in [0.5, 0.6) is 0 Å². The van der Waals surface area contributed by atoms with Crippen LogP contribution in [-0.2, 0) is 9.53 Å². The minimum Gasteiger partial charge on any atom is -0.461 e. The van der Waals surface area contributed by atoms with Crippen LogP contribution in [0.15, 0.2) is 16.6 Å². The molecule has 1 N–H and O–H groups in total. The van der Waals surface area contributed by atoms with Crippen molar-refractivity contribution < 1.29 is 14.3 Å². The van der Waals surface area contributed by atoms with Crippen molar-refractivity contribution in [1.29, 1.82) is 0 Å². The van der Waals surface area contributed by atoms with Crippen LogP contribution in [0.25, 0.3) is 0 Å². The second-order valence-corrected chi connectivity index (χ2v) is 3.78. The molecule has 0 aliphatic carbocycles. The van der Waals surface area contributed by atoms with Gasteiger partial charge in [0.1, 0.15) is 5.82 Å². The predicted molar refractivity (Wildman–Crippen MR) is 62.2 cm³/mol. The Morgan fingerprint density at radius 1 is 1.50 bits per heavy atom. The maximum atomic E-state index is 11.4. The first kappa shape index (κ1) is 12.6. The van der Waals surface area contributed by atoms with E-state index < -0.39 is 5.97 Å². The highest BCUT2D eigenvalue weighted by atomic mass is 79.9. The van der Waals surface area contributed by atoms with E-state index in [0.717, 1.165) is 0 Å². The van der Waals surface area contributed by atoms with E-state index >= 15 is 0 Å². The molecular weight excluding hydrogens is 276 g/mol. The summed E-state index contributed by atoms with van der Waals surface area (Å²) in [6.45, 7) is 3.36.